The van der Waals surface area contributed by atoms with Gasteiger partial charge in [-0.1, -0.05) is 67.2 Å². The standard InChI is InChI=1S/C14H10Br2Cl2O/c15-7-10-5-12(17)6-13(18)14(10)19-8-9-2-1-3-11(16)4-9/h1-6H,7-8H2. The van der Waals surface area contributed by atoms with Crippen LogP contribution in [0.1, 0.15) is 11.1 Å². The molecule has 0 aliphatic heterocycles. The SMILES string of the molecule is Clc1cc(Cl)c(OCc2cccc(Br)c2)c(CBr)c1. The van der Waals surface area contributed by atoms with Crippen LogP contribution in [0.3, 0.4) is 0 Å². The van der Waals surface area contributed by atoms with Gasteiger partial charge in [-0.25, -0.2) is 0 Å². The van der Waals surface area contributed by atoms with E-state index in [4.69, 9.17) is 27.9 Å². The smallest absolute Gasteiger partial charge is 0.142 e. The summed E-state index contributed by atoms with van der Waals surface area (Å²) in [6.45, 7) is 0.459. The lowest BCUT2D eigenvalue weighted by Gasteiger charge is -2.12. The maximum absolute atomic E-state index is 6.17. The summed E-state index contributed by atoms with van der Waals surface area (Å²) in [6.07, 6.45) is 0. The van der Waals surface area contributed by atoms with Crippen molar-refractivity contribution in [3.63, 3.8) is 0 Å². The van der Waals surface area contributed by atoms with E-state index in [-0.39, 0.29) is 0 Å². The molecule has 0 amide bonds. The van der Waals surface area contributed by atoms with Crippen LogP contribution in [0.4, 0.5) is 0 Å². The molecule has 0 radical (unpaired) electrons. The third-order valence-corrected chi connectivity index (χ3v) is 4.10. The summed E-state index contributed by atoms with van der Waals surface area (Å²) in [6, 6.07) is 11.5. The first-order chi connectivity index (χ1) is 9.10. The monoisotopic (exact) mass is 422 g/mol. The third-order valence-electron chi connectivity index (χ3n) is 2.50. The highest BCUT2D eigenvalue weighted by Gasteiger charge is 2.10. The van der Waals surface area contributed by atoms with Crippen LogP contribution in [0, 0.1) is 0 Å². The molecule has 0 aliphatic rings. The van der Waals surface area contributed by atoms with Gasteiger partial charge in [-0.05, 0) is 29.8 Å². The van der Waals surface area contributed by atoms with Crippen molar-refractivity contribution in [1.82, 2.24) is 0 Å². The second kappa shape index (κ2) is 6.98. The van der Waals surface area contributed by atoms with Gasteiger partial charge in [0.15, 0.2) is 0 Å². The molecular formula is C14H10Br2Cl2O. The first kappa shape index (κ1) is 15.2. The predicted octanol–water partition coefficient (Wildman–Crippen LogP) is 6.23. The Morgan fingerprint density at radius 2 is 1.89 bits per heavy atom. The minimum atomic E-state index is 0.459. The van der Waals surface area contributed by atoms with Gasteiger partial charge in [0.25, 0.3) is 0 Å². The summed E-state index contributed by atoms with van der Waals surface area (Å²) in [5.41, 5.74) is 2.01. The molecule has 0 fully saturated rings. The number of benzene rings is 2. The van der Waals surface area contributed by atoms with Crippen LogP contribution in [0.2, 0.25) is 10.0 Å². The molecule has 0 saturated carbocycles. The highest BCUT2D eigenvalue weighted by atomic mass is 79.9. The van der Waals surface area contributed by atoms with Gasteiger partial charge in [-0.3, -0.25) is 0 Å². The van der Waals surface area contributed by atoms with Crippen molar-refractivity contribution in [1.29, 1.82) is 0 Å². The van der Waals surface area contributed by atoms with E-state index in [1.807, 2.05) is 30.3 Å². The highest BCUT2D eigenvalue weighted by Crippen LogP contribution is 2.34. The molecule has 1 nitrogen and oxygen atoms in total. The number of hydrogen-bond donors (Lipinski definition) is 0. The molecule has 0 aromatic heterocycles. The molecule has 0 unspecified atom stereocenters. The maximum Gasteiger partial charge on any atom is 0.142 e. The van der Waals surface area contributed by atoms with Gasteiger partial charge in [0.05, 0.1) is 5.02 Å². The summed E-state index contributed by atoms with van der Waals surface area (Å²) >= 11 is 19.0. The van der Waals surface area contributed by atoms with E-state index in [1.165, 1.54) is 0 Å². The van der Waals surface area contributed by atoms with E-state index < -0.39 is 0 Å². The largest absolute Gasteiger partial charge is 0.487 e. The number of hydrogen-bond acceptors (Lipinski definition) is 1. The first-order valence-corrected chi connectivity index (χ1v) is 8.18. The van der Waals surface area contributed by atoms with Crippen molar-refractivity contribution in [2.45, 2.75) is 11.9 Å². The minimum absolute atomic E-state index is 0.459. The number of alkyl halides is 1. The normalized spacial score (nSPS) is 10.5. The van der Waals surface area contributed by atoms with Crippen molar-refractivity contribution >= 4 is 55.1 Å². The zero-order chi connectivity index (χ0) is 13.8. The van der Waals surface area contributed by atoms with Gasteiger partial charge >= 0.3 is 0 Å². The maximum atomic E-state index is 6.17. The Kier molecular flexibility index (Phi) is 5.58. The molecule has 100 valence electrons. The average molecular weight is 425 g/mol. The van der Waals surface area contributed by atoms with Gasteiger partial charge in [0.2, 0.25) is 0 Å². The lowest BCUT2D eigenvalue weighted by molar-refractivity contribution is 0.304. The van der Waals surface area contributed by atoms with Crippen molar-refractivity contribution in [2.24, 2.45) is 0 Å². The van der Waals surface area contributed by atoms with E-state index in [1.54, 1.807) is 6.07 Å². The Labute approximate surface area is 139 Å². The quantitative estimate of drug-likeness (QED) is 0.528. The molecule has 2 aromatic rings. The lowest BCUT2D eigenvalue weighted by Crippen LogP contribution is -1.98. The van der Waals surface area contributed by atoms with Crippen LogP contribution in [0.15, 0.2) is 40.9 Å². The fourth-order valence-electron chi connectivity index (χ4n) is 1.66. The summed E-state index contributed by atoms with van der Waals surface area (Å²) in [7, 11) is 0. The number of rotatable bonds is 4. The van der Waals surface area contributed by atoms with E-state index >= 15 is 0 Å². The van der Waals surface area contributed by atoms with Crippen molar-refractivity contribution in [3.8, 4) is 5.75 Å². The van der Waals surface area contributed by atoms with Crippen molar-refractivity contribution in [2.75, 3.05) is 0 Å². The average Bonchev–Trinajstić information content (AvgIpc) is 2.37. The fourth-order valence-corrected chi connectivity index (χ4v) is 3.11. The molecular weight excluding hydrogens is 415 g/mol. The van der Waals surface area contributed by atoms with Gasteiger partial charge in [-0.15, -0.1) is 0 Å². The Morgan fingerprint density at radius 3 is 2.58 bits per heavy atom. The van der Waals surface area contributed by atoms with Crippen molar-refractivity contribution < 1.29 is 4.74 Å². The molecule has 0 aliphatic carbocycles. The molecule has 0 atom stereocenters. The minimum Gasteiger partial charge on any atom is -0.487 e. The van der Waals surface area contributed by atoms with Crippen LogP contribution < -0.4 is 4.74 Å². The van der Waals surface area contributed by atoms with Crippen LogP contribution in [-0.4, -0.2) is 0 Å². The van der Waals surface area contributed by atoms with Crippen LogP contribution in [0.25, 0.3) is 0 Å². The number of halogens is 4. The lowest BCUT2D eigenvalue weighted by atomic mass is 10.2. The van der Waals surface area contributed by atoms with E-state index in [9.17, 15) is 0 Å². The molecule has 0 bridgehead atoms. The second-order valence-electron chi connectivity index (χ2n) is 3.93. The Hall–Kier alpha value is -0.220. The zero-order valence-electron chi connectivity index (χ0n) is 9.80. The summed E-state index contributed by atoms with van der Waals surface area (Å²) in [4.78, 5) is 0. The number of ether oxygens (including phenoxy) is 1. The van der Waals surface area contributed by atoms with Crippen LogP contribution in [0.5, 0.6) is 5.75 Å². The van der Waals surface area contributed by atoms with E-state index in [0.29, 0.717) is 27.7 Å². The summed E-state index contributed by atoms with van der Waals surface area (Å²) in [5, 5.41) is 1.77. The predicted molar refractivity (Wildman–Crippen MR) is 87.6 cm³/mol. The van der Waals surface area contributed by atoms with Gasteiger partial charge in [0.1, 0.15) is 12.4 Å². The highest BCUT2D eigenvalue weighted by molar-refractivity contribution is 9.10. The van der Waals surface area contributed by atoms with Crippen LogP contribution >= 0.6 is 55.1 Å². The molecule has 0 heterocycles. The van der Waals surface area contributed by atoms with Gasteiger partial charge in [0, 0.05) is 20.4 Å². The fraction of sp³-hybridized carbons (Fsp3) is 0.143. The first-order valence-electron chi connectivity index (χ1n) is 5.51. The molecule has 19 heavy (non-hydrogen) atoms. The third kappa shape index (κ3) is 4.12. The molecule has 0 saturated heterocycles. The van der Waals surface area contributed by atoms with Crippen LogP contribution in [-0.2, 0) is 11.9 Å². The molecule has 2 rings (SSSR count). The Morgan fingerprint density at radius 1 is 1.11 bits per heavy atom. The van der Waals surface area contributed by atoms with E-state index in [0.717, 1.165) is 15.6 Å². The van der Waals surface area contributed by atoms with Crippen molar-refractivity contribution in [3.05, 3.63) is 62.0 Å². The molecule has 5 heteroatoms. The zero-order valence-corrected chi connectivity index (χ0v) is 14.5. The topological polar surface area (TPSA) is 9.23 Å². The summed E-state index contributed by atoms with van der Waals surface area (Å²) in [5.74, 6) is 0.669. The molecule has 2 aromatic carbocycles. The Balaban J connectivity index is 2.19. The Bertz CT molecular complexity index is 588. The van der Waals surface area contributed by atoms with E-state index in [2.05, 4.69) is 31.9 Å². The molecule has 0 N–H and O–H groups in total. The second-order valence-corrected chi connectivity index (χ2v) is 6.25. The summed E-state index contributed by atoms with van der Waals surface area (Å²) < 4.78 is 6.84. The van der Waals surface area contributed by atoms with Gasteiger partial charge in [-0.2, -0.15) is 0 Å². The molecule has 0 spiro atoms. The van der Waals surface area contributed by atoms with Gasteiger partial charge < -0.3 is 4.74 Å².